The van der Waals surface area contributed by atoms with Gasteiger partial charge in [0.2, 0.25) is 0 Å². The highest BCUT2D eigenvalue weighted by molar-refractivity contribution is 6.16. The maximum absolute atomic E-state index is 12.2. The van der Waals surface area contributed by atoms with Crippen LogP contribution in [-0.2, 0) is 17.0 Å². The number of methoxy groups -OCH3 is 1. The van der Waals surface area contributed by atoms with E-state index in [1.54, 1.807) is 0 Å². The first-order valence-corrected chi connectivity index (χ1v) is 11.7. The zero-order valence-corrected chi connectivity index (χ0v) is 19.5. The number of aryl methyl sites for hydroxylation is 2. The molecule has 0 radical (unpaired) electrons. The number of rotatable bonds is 4. The molecular weight excluding hydrogens is 432 g/mol. The topological polar surface area (TPSA) is 43.6 Å². The van der Waals surface area contributed by atoms with Crippen LogP contribution in [0.3, 0.4) is 0 Å². The first-order chi connectivity index (χ1) is 16.1. The number of benzene rings is 2. The number of nitrogens with zero attached hydrogens (tertiary/aromatic N) is 2. The molecule has 33 heavy (non-hydrogen) atoms. The Labute approximate surface area is 198 Å². The van der Waals surface area contributed by atoms with Crippen LogP contribution < -0.4 is 0 Å². The van der Waals surface area contributed by atoms with Crippen LogP contribution in [0, 0.1) is 6.92 Å². The molecule has 2 aromatic heterocycles. The van der Waals surface area contributed by atoms with Crippen LogP contribution in [0.5, 0.6) is 0 Å². The molecule has 166 valence electrons. The minimum absolute atomic E-state index is 0.306. The van der Waals surface area contributed by atoms with Crippen LogP contribution in [0.2, 0.25) is 0 Å². The predicted octanol–water partition coefficient (Wildman–Crippen LogP) is 6.46. The molecule has 0 N–H and O–H groups in total. The lowest BCUT2D eigenvalue weighted by Crippen LogP contribution is -2.04. The molecule has 0 aliphatic heterocycles. The summed E-state index contributed by atoms with van der Waals surface area (Å²) in [5.74, 6) is 0.0759. The number of aromatic nitrogens is 2. The summed E-state index contributed by atoms with van der Waals surface area (Å²) in [4.78, 5) is 16.9. The summed E-state index contributed by atoms with van der Waals surface area (Å²) >= 11 is 6.03. The van der Waals surface area contributed by atoms with Crippen molar-refractivity contribution in [3.63, 3.8) is 0 Å². The summed E-state index contributed by atoms with van der Waals surface area (Å²) in [5.41, 5.74) is 10.8. The number of ether oxygens (including phenoxy) is 1. The minimum atomic E-state index is -0.306. The van der Waals surface area contributed by atoms with E-state index in [2.05, 4.69) is 54.4 Å². The molecule has 0 spiro atoms. The van der Waals surface area contributed by atoms with Gasteiger partial charge in [-0.05, 0) is 89.4 Å². The number of hydrogen-bond acceptors (Lipinski definition) is 3. The first kappa shape index (κ1) is 21.5. The van der Waals surface area contributed by atoms with Crippen molar-refractivity contribution in [2.75, 3.05) is 7.11 Å². The standard InChI is InChI=1S/C28H25ClN2O2/c1-18-6-3-4-8-23(18)25-9-5-7-19-14-21(28(32)33-2)10-11-24(19)27(25)20-12-13-31-17-22(16-29)30-26(31)15-20/h3-4,6,8,10-15,17H,5,7,9,16H2,1-2H3. The average Bonchev–Trinajstić information content (AvgIpc) is 3.17. The zero-order chi connectivity index (χ0) is 22.9. The summed E-state index contributed by atoms with van der Waals surface area (Å²) in [5, 5.41) is 0. The molecule has 5 rings (SSSR count). The molecule has 4 nitrogen and oxygen atoms in total. The Morgan fingerprint density at radius 1 is 1.09 bits per heavy atom. The molecule has 0 saturated carbocycles. The number of halogens is 1. The van der Waals surface area contributed by atoms with E-state index in [0.717, 1.165) is 41.7 Å². The Kier molecular flexibility index (Phi) is 5.77. The molecule has 2 heterocycles. The van der Waals surface area contributed by atoms with Crippen LogP contribution in [-0.4, -0.2) is 22.5 Å². The molecule has 0 fully saturated rings. The van der Waals surface area contributed by atoms with Crippen LogP contribution in [0.1, 0.15) is 56.7 Å². The van der Waals surface area contributed by atoms with Gasteiger partial charge < -0.3 is 9.14 Å². The lowest BCUT2D eigenvalue weighted by Gasteiger charge is -2.18. The van der Waals surface area contributed by atoms with Crippen molar-refractivity contribution in [1.82, 2.24) is 9.38 Å². The number of carbonyl (C=O) groups is 1. The van der Waals surface area contributed by atoms with E-state index in [1.807, 2.05) is 28.9 Å². The van der Waals surface area contributed by atoms with Crippen molar-refractivity contribution >= 4 is 34.4 Å². The molecule has 0 unspecified atom stereocenters. The normalized spacial score (nSPS) is 13.7. The van der Waals surface area contributed by atoms with Crippen molar-refractivity contribution in [2.24, 2.45) is 0 Å². The van der Waals surface area contributed by atoms with Gasteiger partial charge in [0.05, 0.1) is 24.2 Å². The lowest BCUT2D eigenvalue weighted by atomic mass is 9.86. The summed E-state index contributed by atoms with van der Waals surface area (Å²) in [6, 6.07) is 18.7. The lowest BCUT2D eigenvalue weighted by molar-refractivity contribution is 0.0600. The van der Waals surface area contributed by atoms with Crippen LogP contribution in [0.15, 0.2) is 67.0 Å². The average molecular weight is 457 g/mol. The van der Waals surface area contributed by atoms with Gasteiger partial charge in [0.15, 0.2) is 0 Å². The van der Waals surface area contributed by atoms with Crippen molar-refractivity contribution < 1.29 is 9.53 Å². The molecule has 4 aromatic rings. The highest BCUT2D eigenvalue weighted by Crippen LogP contribution is 2.41. The molecule has 1 aliphatic rings. The molecular formula is C28H25ClN2O2. The maximum atomic E-state index is 12.2. The number of esters is 1. The second-order valence-electron chi connectivity index (χ2n) is 8.43. The molecule has 0 saturated heterocycles. The van der Waals surface area contributed by atoms with Gasteiger partial charge in [-0.3, -0.25) is 0 Å². The zero-order valence-electron chi connectivity index (χ0n) is 18.8. The summed E-state index contributed by atoms with van der Waals surface area (Å²) in [6.07, 6.45) is 6.87. The van der Waals surface area contributed by atoms with Crippen LogP contribution >= 0.6 is 11.6 Å². The molecule has 2 aromatic carbocycles. The van der Waals surface area contributed by atoms with Gasteiger partial charge in [0, 0.05) is 12.4 Å². The van der Waals surface area contributed by atoms with Gasteiger partial charge in [-0.25, -0.2) is 9.78 Å². The van der Waals surface area contributed by atoms with Crippen LogP contribution in [0.4, 0.5) is 0 Å². The number of fused-ring (bicyclic) bond motifs is 2. The fourth-order valence-corrected chi connectivity index (χ4v) is 4.93. The number of hydrogen-bond donors (Lipinski definition) is 0. The first-order valence-electron chi connectivity index (χ1n) is 11.1. The van der Waals surface area contributed by atoms with Gasteiger partial charge in [0.25, 0.3) is 0 Å². The Morgan fingerprint density at radius 2 is 1.94 bits per heavy atom. The number of imidazole rings is 1. The van der Waals surface area contributed by atoms with Gasteiger partial charge in [-0.1, -0.05) is 30.3 Å². The second kappa shape index (κ2) is 8.87. The van der Waals surface area contributed by atoms with E-state index >= 15 is 0 Å². The van der Waals surface area contributed by atoms with E-state index in [0.29, 0.717) is 11.4 Å². The maximum Gasteiger partial charge on any atom is 0.337 e. The third-order valence-electron chi connectivity index (χ3n) is 6.38. The predicted molar refractivity (Wildman–Crippen MR) is 133 cm³/mol. The molecule has 5 heteroatoms. The third-order valence-corrected chi connectivity index (χ3v) is 6.65. The number of pyridine rings is 1. The van der Waals surface area contributed by atoms with Crippen molar-refractivity contribution in [2.45, 2.75) is 32.1 Å². The molecule has 0 amide bonds. The highest BCUT2D eigenvalue weighted by Gasteiger charge is 2.22. The molecule has 0 bridgehead atoms. The largest absolute Gasteiger partial charge is 0.465 e. The summed E-state index contributed by atoms with van der Waals surface area (Å²) in [7, 11) is 1.42. The van der Waals surface area contributed by atoms with Crippen LogP contribution in [0.25, 0.3) is 16.8 Å². The SMILES string of the molecule is COC(=O)c1ccc2c(c1)CCCC(c1ccccc1C)=C2c1ccn2cc(CCl)nc2c1. The fourth-order valence-electron chi connectivity index (χ4n) is 4.80. The number of alkyl halides is 1. The van der Waals surface area contributed by atoms with Gasteiger partial charge in [-0.2, -0.15) is 0 Å². The third kappa shape index (κ3) is 3.96. The number of carbonyl (C=O) groups excluding carboxylic acids is 1. The van der Waals surface area contributed by atoms with Gasteiger partial charge in [0.1, 0.15) is 5.65 Å². The highest BCUT2D eigenvalue weighted by atomic mass is 35.5. The summed E-state index contributed by atoms with van der Waals surface area (Å²) < 4.78 is 6.97. The van der Waals surface area contributed by atoms with E-state index in [-0.39, 0.29) is 5.97 Å². The van der Waals surface area contributed by atoms with E-state index in [9.17, 15) is 4.79 Å². The summed E-state index contributed by atoms with van der Waals surface area (Å²) in [6.45, 7) is 2.16. The monoisotopic (exact) mass is 456 g/mol. The minimum Gasteiger partial charge on any atom is -0.465 e. The Morgan fingerprint density at radius 3 is 2.73 bits per heavy atom. The van der Waals surface area contributed by atoms with Crippen molar-refractivity contribution in [1.29, 1.82) is 0 Å². The van der Waals surface area contributed by atoms with E-state index < -0.39 is 0 Å². The van der Waals surface area contributed by atoms with Gasteiger partial charge in [-0.15, -0.1) is 11.6 Å². The van der Waals surface area contributed by atoms with E-state index in [1.165, 1.54) is 34.9 Å². The Hall–Kier alpha value is -3.37. The number of allylic oxidation sites excluding steroid dienone is 1. The Bertz CT molecular complexity index is 1400. The smallest absolute Gasteiger partial charge is 0.337 e. The van der Waals surface area contributed by atoms with Crippen molar-refractivity contribution in [3.8, 4) is 0 Å². The van der Waals surface area contributed by atoms with Gasteiger partial charge >= 0.3 is 5.97 Å². The molecule has 1 aliphatic carbocycles. The Balaban J connectivity index is 1.78. The fraction of sp³-hybridized carbons (Fsp3) is 0.214. The van der Waals surface area contributed by atoms with E-state index in [4.69, 9.17) is 16.3 Å². The quantitative estimate of drug-likeness (QED) is 0.261. The molecule has 0 atom stereocenters. The van der Waals surface area contributed by atoms with Crippen molar-refractivity contribution in [3.05, 3.63) is 106 Å². The second-order valence-corrected chi connectivity index (χ2v) is 8.70.